The first-order valence-corrected chi connectivity index (χ1v) is 10.5. The van der Waals surface area contributed by atoms with Gasteiger partial charge in [0.15, 0.2) is 26.8 Å². The van der Waals surface area contributed by atoms with E-state index in [1.165, 1.54) is 29.5 Å². The lowest BCUT2D eigenvalue weighted by Gasteiger charge is -2.12. The summed E-state index contributed by atoms with van der Waals surface area (Å²) in [6.07, 6.45) is 4.19. The van der Waals surface area contributed by atoms with Crippen molar-refractivity contribution in [3.8, 4) is 10.6 Å². The third-order valence-electron chi connectivity index (χ3n) is 3.81. The number of sulfone groups is 1. The van der Waals surface area contributed by atoms with E-state index in [2.05, 4.69) is 4.98 Å². The molecular formula is C16H14ClNO4S2. The predicted molar refractivity (Wildman–Crippen MR) is 92.4 cm³/mol. The Bertz CT molecular complexity index is 902. The van der Waals surface area contributed by atoms with Crippen LogP contribution in [0, 0.1) is 5.92 Å². The van der Waals surface area contributed by atoms with Crippen molar-refractivity contribution < 1.29 is 18.0 Å². The van der Waals surface area contributed by atoms with Crippen LogP contribution in [0.5, 0.6) is 0 Å². The predicted octanol–water partition coefficient (Wildman–Crippen LogP) is 2.98. The number of rotatable bonds is 6. The van der Waals surface area contributed by atoms with E-state index in [1.807, 2.05) is 0 Å². The van der Waals surface area contributed by atoms with Crippen molar-refractivity contribution in [2.24, 2.45) is 5.92 Å². The molecule has 0 radical (unpaired) electrons. The van der Waals surface area contributed by atoms with Gasteiger partial charge in [0.2, 0.25) is 0 Å². The third kappa shape index (κ3) is 3.43. The number of carbonyl (C=O) groups excluding carboxylic acids is 2. The first-order valence-electron chi connectivity index (χ1n) is 7.25. The Morgan fingerprint density at radius 3 is 2.58 bits per heavy atom. The van der Waals surface area contributed by atoms with Gasteiger partial charge in [-0.25, -0.2) is 13.4 Å². The van der Waals surface area contributed by atoms with Crippen molar-refractivity contribution in [1.82, 2.24) is 4.98 Å². The summed E-state index contributed by atoms with van der Waals surface area (Å²) in [5.41, 5.74) is 0.596. The number of aromatic nitrogens is 1. The van der Waals surface area contributed by atoms with Crippen LogP contribution in [0.1, 0.15) is 23.2 Å². The summed E-state index contributed by atoms with van der Waals surface area (Å²) in [4.78, 5) is 29.0. The quantitative estimate of drug-likeness (QED) is 0.435. The third-order valence-corrected chi connectivity index (χ3v) is 6.14. The SMILES string of the molecule is CS(=O)(=O)c1ccc(C(=O)C(Cl)C(=O)C2CC2)c(-c2nccs2)c1. The standard InChI is InChI=1S/C16H14ClNO4S2/c1-24(21,22)10-4-5-11(12(8-10)16-18-6-7-23-16)15(20)13(17)14(19)9-2-3-9/h4-9,13H,2-3H2,1H3. The van der Waals surface area contributed by atoms with Gasteiger partial charge in [0.05, 0.1) is 4.90 Å². The zero-order valence-electron chi connectivity index (χ0n) is 12.7. The van der Waals surface area contributed by atoms with Gasteiger partial charge in [0.25, 0.3) is 0 Å². The van der Waals surface area contributed by atoms with E-state index < -0.39 is 21.0 Å². The molecule has 0 bridgehead atoms. The van der Waals surface area contributed by atoms with Gasteiger partial charge in [0.1, 0.15) is 5.01 Å². The van der Waals surface area contributed by atoms with Crippen molar-refractivity contribution in [2.75, 3.05) is 6.26 Å². The van der Waals surface area contributed by atoms with Crippen molar-refractivity contribution >= 4 is 44.3 Å². The molecule has 1 unspecified atom stereocenters. The molecule has 1 saturated carbocycles. The molecule has 8 heteroatoms. The number of carbonyl (C=O) groups is 2. The van der Waals surface area contributed by atoms with E-state index in [1.54, 1.807) is 11.6 Å². The van der Waals surface area contributed by atoms with Crippen LogP contribution in [0.25, 0.3) is 10.6 Å². The lowest BCUT2D eigenvalue weighted by Crippen LogP contribution is -2.26. The van der Waals surface area contributed by atoms with E-state index in [0.29, 0.717) is 10.6 Å². The number of benzene rings is 1. The van der Waals surface area contributed by atoms with E-state index in [0.717, 1.165) is 19.1 Å². The van der Waals surface area contributed by atoms with Gasteiger partial charge in [-0.3, -0.25) is 9.59 Å². The molecule has 1 aliphatic rings. The zero-order chi connectivity index (χ0) is 17.5. The average molecular weight is 384 g/mol. The number of hydrogen-bond donors (Lipinski definition) is 0. The fraction of sp³-hybridized carbons (Fsp3) is 0.312. The number of ketones is 2. The molecule has 0 N–H and O–H groups in total. The summed E-state index contributed by atoms with van der Waals surface area (Å²) in [6.45, 7) is 0. The van der Waals surface area contributed by atoms with Gasteiger partial charge in [0, 0.05) is 34.9 Å². The molecule has 5 nitrogen and oxygen atoms in total. The van der Waals surface area contributed by atoms with E-state index in [-0.39, 0.29) is 22.2 Å². The summed E-state index contributed by atoms with van der Waals surface area (Å²) in [5.74, 6) is -0.909. The Kier molecular flexibility index (Phi) is 4.59. The molecule has 2 aromatic rings. The Labute approximate surface area is 148 Å². The Balaban J connectivity index is 2.06. The topological polar surface area (TPSA) is 81.2 Å². The molecule has 0 saturated heterocycles. The minimum absolute atomic E-state index is 0.0869. The summed E-state index contributed by atoms with van der Waals surface area (Å²) in [5, 5.41) is 0.983. The van der Waals surface area contributed by atoms with Gasteiger partial charge in [-0.15, -0.1) is 22.9 Å². The number of halogens is 1. The number of alkyl halides is 1. The minimum Gasteiger partial charge on any atom is -0.297 e. The summed E-state index contributed by atoms with van der Waals surface area (Å²) >= 11 is 7.36. The highest BCUT2D eigenvalue weighted by Crippen LogP contribution is 2.35. The van der Waals surface area contributed by atoms with Crippen LogP contribution >= 0.6 is 22.9 Å². The summed E-state index contributed by atoms with van der Waals surface area (Å²) in [6, 6.07) is 4.17. The molecule has 126 valence electrons. The molecule has 3 rings (SSSR count). The Morgan fingerprint density at radius 2 is 2.04 bits per heavy atom. The monoisotopic (exact) mass is 383 g/mol. The number of Topliss-reactive ketones (excluding diaryl/α,β-unsaturated/α-hetero) is 2. The van der Waals surface area contributed by atoms with Gasteiger partial charge >= 0.3 is 0 Å². The van der Waals surface area contributed by atoms with Gasteiger partial charge < -0.3 is 0 Å². The molecule has 0 amide bonds. The fourth-order valence-electron chi connectivity index (χ4n) is 2.34. The molecule has 1 atom stereocenters. The zero-order valence-corrected chi connectivity index (χ0v) is 15.1. The average Bonchev–Trinajstić information content (AvgIpc) is 3.26. The summed E-state index contributed by atoms with van der Waals surface area (Å²) < 4.78 is 23.6. The highest BCUT2D eigenvalue weighted by atomic mass is 35.5. The molecular weight excluding hydrogens is 370 g/mol. The van der Waals surface area contributed by atoms with Crippen molar-refractivity contribution in [2.45, 2.75) is 23.1 Å². The lowest BCUT2D eigenvalue weighted by molar-refractivity contribution is -0.119. The van der Waals surface area contributed by atoms with Crippen LogP contribution in [0.15, 0.2) is 34.7 Å². The number of nitrogens with zero attached hydrogens (tertiary/aromatic N) is 1. The van der Waals surface area contributed by atoms with Crippen molar-refractivity contribution in [3.63, 3.8) is 0 Å². The van der Waals surface area contributed by atoms with Crippen LogP contribution in [-0.2, 0) is 14.6 Å². The van der Waals surface area contributed by atoms with E-state index in [4.69, 9.17) is 11.6 Å². The van der Waals surface area contributed by atoms with Crippen LogP contribution in [0.2, 0.25) is 0 Å². The molecule has 1 aromatic carbocycles. The maximum absolute atomic E-state index is 12.7. The second kappa shape index (κ2) is 6.38. The largest absolute Gasteiger partial charge is 0.297 e. The van der Waals surface area contributed by atoms with Crippen LogP contribution in [0.3, 0.4) is 0 Å². The second-order valence-corrected chi connectivity index (χ2v) is 9.07. The first kappa shape index (κ1) is 17.3. The fourth-order valence-corrected chi connectivity index (χ4v) is 3.95. The van der Waals surface area contributed by atoms with Crippen LogP contribution < -0.4 is 0 Å². The number of thiazole rings is 1. The molecule has 1 aromatic heterocycles. The normalized spacial score (nSPS) is 15.9. The van der Waals surface area contributed by atoms with E-state index >= 15 is 0 Å². The lowest BCUT2D eigenvalue weighted by atomic mass is 9.98. The van der Waals surface area contributed by atoms with Crippen LogP contribution in [0.4, 0.5) is 0 Å². The smallest absolute Gasteiger partial charge is 0.188 e. The second-order valence-electron chi connectivity index (χ2n) is 5.72. The van der Waals surface area contributed by atoms with Crippen LogP contribution in [-0.4, -0.2) is 36.6 Å². The maximum atomic E-state index is 12.7. The molecule has 1 heterocycles. The molecule has 24 heavy (non-hydrogen) atoms. The highest BCUT2D eigenvalue weighted by molar-refractivity contribution is 7.90. The number of hydrogen-bond acceptors (Lipinski definition) is 6. The first-order chi connectivity index (χ1) is 11.3. The Morgan fingerprint density at radius 1 is 1.33 bits per heavy atom. The molecule has 1 fully saturated rings. The minimum atomic E-state index is -3.43. The van der Waals surface area contributed by atoms with Gasteiger partial charge in [-0.2, -0.15) is 0 Å². The molecule has 0 spiro atoms. The van der Waals surface area contributed by atoms with Crippen molar-refractivity contribution in [3.05, 3.63) is 35.3 Å². The van der Waals surface area contributed by atoms with E-state index in [9.17, 15) is 18.0 Å². The Hall–Kier alpha value is -1.57. The van der Waals surface area contributed by atoms with Gasteiger partial charge in [-0.1, -0.05) is 0 Å². The molecule has 0 aliphatic heterocycles. The maximum Gasteiger partial charge on any atom is 0.188 e. The summed E-state index contributed by atoms with van der Waals surface area (Å²) in [7, 11) is -3.43. The van der Waals surface area contributed by atoms with Gasteiger partial charge in [-0.05, 0) is 31.0 Å². The van der Waals surface area contributed by atoms with Crippen molar-refractivity contribution in [1.29, 1.82) is 0 Å². The highest BCUT2D eigenvalue weighted by Gasteiger charge is 2.38. The molecule has 1 aliphatic carbocycles.